The minimum atomic E-state index is -4.12. The van der Waals surface area contributed by atoms with Gasteiger partial charge in [0.25, 0.3) is 0 Å². The number of piperidine rings is 1. The predicted octanol–water partition coefficient (Wildman–Crippen LogP) is 2.22. The molecule has 1 amide bonds. The van der Waals surface area contributed by atoms with Crippen molar-refractivity contribution in [1.82, 2.24) is 20.4 Å². The lowest BCUT2D eigenvalue weighted by Crippen LogP contribution is -2.40. The molecule has 0 radical (unpaired) electrons. The van der Waals surface area contributed by atoms with E-state index in [1.54, 1.807) is 13.8 Å². The number of hydrogen-bond acceptors (Lipinski definition) is 5. The van der Waals surface area contributed by atoms with E-state index in [9.17, 15) is 18.0 Å². The van der Waals surface area contributed by atoms with Gasteiger partial charge in [0.15, 0.2) is 5.82 Å². The Balaban J connectivity index is 1.92. The van der Waals surface area contributed by atoms with Gasteiger partial charge in [0, 0.05) is 6.92 Å². The first-order valence-electron chi connectivity index (χ1n) is 7.49. The van der Waals surface area contributed by atoms with E-state index in [4.69, 9.17) is 4.52 Å². The van der Waals surface area contributed by atoms with Gasteiger partial charge < -0.3 is 9.84 Å². The van der Waals surface area contributed by atoms with Crippen LogP contribution in [-0.4, -0.2) is 40.2 Å². The lowest BCUT2D eigenvalue weighted by molar-refractivity contribution is -0.185. The summed E-state index contributed by atoms with van der Waals surface area (Å²) >= 11 is 0. The largest absolute Gasteiger partial charge is 0.391 e. The highest BCUT2D eigenvalue weighted by Crippen LogP contribution is 2.34. The molecule has 0 spiro atoms. The number of hydrogen-bond donors (Lipinski definition) is 1. The topological polar surface area (TPSA) is 71.3 Å². The second-order valence-corrected chi connectivity index (χ2v) is 6.41. The van der Waals surface area contributed by atoms with E-state index >= 15 is 0 Å². The van der Waals surface area contributed by atoms with Crippen LogP contribution in [0.5, 0.6) is 0 Å². The quantitative estimate of drug-likeness (QED) is 0.914. The van der Waals surface area contributed by atoms with Crippen molar-refractivity contribution in [2.75, 3.05) is 13.1 Å². The third kappa shape index (κ3) is 4.66. The average molecular weight is 334 g/mol. The van der Waals surface area contributed by atoms with Crippen LogP contribution in [0.15, 0.2) is 4.52 Å². The molecule has 130 valence electrons. The van der Waals surface area contributed by atoms with Gasteiger partial charge in [0.2, 0.25) is 11.8 Å². The van der Waals surface area contributed by atoms with Gasteiger partial charge in [-0.2, -0.15) is 18.2 Å². The molecule has 2 heterocycles. The number of nitrogens with zero attached hydrogens (tertiary/aromatic N) is 3. The summed E-state index contributed by atoms with van der Waals surface area (Å²) < 4.78 is 43.1. The van der Waals surface area contributed by atoms with Gasteiger partial charge in [-0.25, -0.2) is 0 Å². The van der Waals surface area contributed by atoms with Crippen LogP contribution in [-0.2, 0) is 16.9 Å². The summed E-state index contributed by atoms with van der Waals surface area (Å²) in [5.41, 5.74) is -0.767. The average Bonchev–Trinajstić information content (AvgIpc) is 2.86. The van der Waals surface area contributed by atoms with Gasteiger partial charge in [-0.05, 0) is 39.8 Å². The number of likely N-dealkylation sites (tertiary alicyclic amines) is 1. The molecule has 0 atom stereocenters. The summed E-state index contributed by atoms with van der Waals surface area (Å²) in [6.07, 6.45) is -3.95. The first-order chi connectivity index (χ1) is 10.6. The van der Waals surface area contributed by atoms with Crippen LogP contribution < -0.4 is 5.32 Å². The van der Waals surface area contributed by atoms with Gasteiger partial charge in [-0.3, -0.25) is 9.69 Å². The molecule has 0 saturated carbocycles. The Bertz CT molecular complexity index is 548. The van der Waals surface area contributed by atoms with Crippen molar-refractivity contribution in [1.29, 1.82) is 0 Å². The highest BCUT2D eigenvalue weighted by atomic mass is 19.4. The Morgan fingerprint density at radius 2 is 1.96 bits per heavy atom. The van der Waals surface area contributed by atoms with Gasteiger partial charge >= 0.3 is 6.18 Å². The standard InChI is InChI=1S/C14H21F3N4O2/c1-9(22)19-13(2,3)12-18-11(23-20-12)8-21-6-4-10(5-7-21)14(15,16)17/h10H,4-8H2,1-3H3,(H,19,22). The van der Waals surface area contributed by atoms with Crippen molar-refractivity contribution in [2.45, 2.75) is 51.9 Å². The Kier molecular flexibility index (Phi) is 4.98. The second-order valence-electron chi connectivity index (χ2n) is 6.41. The van der Waals surface area contributed by atoms with Crippen LogP contribution in [0.3, 0.4) is 0 Å². The molecule has 0 aromatic carbocycles. The first kappa shape index (κ1) is 17.7. The molecular weight excluding hydrogens is 313 g/mol. The summed E-state index contributed by atoms with van der Waals surface area (Å²) in [5, 5.41) is 6.57. The molecule has 1 aliphatic heterocycles. The molecule has 6 nitrogen and oxygen atoms in total. The summed E-state index contributed by atoms with van der Waals surface area (Å²) in [6, 6.07) is 0. The van der Waals surface area contributed by atoms with E-state index in [0.29, 0.717) is 31.3 Å². The van der Waals surface area contributed by atoms with Crippen molar-refractivity contribution in [3.05, 3.63) is 11.7 Å². The van der Waals surface area contributed by atoms with Crippen molar-refractivity contribution >= 4 is 5.91 Å². The minimum absolute atomic E-state index is 0.0852. The highest BCUT2D eigenvalue weighted by molar-refractivity contribution is 5.73. The number of nitrogens with one attached hydrogen (secondary N) is 1. The molecule has 1 aromatic heterocycles. The highest BCUT2D eigenvalue weighted by Gasteiger charge is 2.41. The second kappa shape index (κ2) is 6.46. The van der Waals surface area contributed by atoms with E-state index < -0.39 is 17.6 Å². The normalized spacial score (nSPS) is 18.2. The molecule has 1 aliphatic rings. The molecule has 1 aromatic rings. The number of rotatable bonds is 4. The molecule has 2 rings (SSSR count). The summed E-state index contributed by atoms with van der Waals surface area (Å²) in [5.74, 6) is -0.761. The number of aromatic nitrogens is 2. The summed E-state index contributed by atoms with van der Waals surface area (Å²) in [6.45, 7) is 5.89. The lowest BCUT2D eigenvalue weighted by Gasteiger charge is -2.31. The first-order valence-corrected chi connectivity index (χ1v) is 7.49. The van der Waals surface area contributed by atoms with Crippen molar-refractivity contribution in [3.8, 4) is 0 Å². The SMILES string of the molecule is CC(=O)NC(C)(C)c1noc(CN2CCC(C(F)(F)F)CC2)n1. The third-order valence-corrected chi connectivity index (χ3v) is 3.92. The monoisotopic (exact) mass is 334 g/mol. The van der Waals surface area contributed by atoms with Crippen molar-refractivity contribution in [3.63, 3.8) is 0 Å². The maximum Gasteiger partial charge on any atom is 0.391 e. The zero-order valence-corrected chi connectivity index (χ0v) is 13.4. The Labute approximate surface area is 132 Å². The van der Waals surface area contributed by atoms with Crippen LogP contribution >= 0.6 is 0 Å². The molecule has 0 unspecified atom stereocenters. The van der Waals surface area contributed by atoms with E-state index in [1.807, 2.05) is 4.90 Å². The van der Waals surface area contributed by atoms with Gasteiger partial charge in [-0.15, -0.1) is 0 Å². The fraction of sp³-hybridized carbons (Fsp3) is 0.786. The van der Waals surface area contributed by atoms with Crippen molar-refractivity contribution < 1.29 is 22.5 Å². The number of halogens is 3. The Morgan fingerprint density at radius 3 is 2.48 bits per heavy atom. The van der Waals surface area contributed by atoms with Crippen LogP contribution in [0.2, 0.25) is 0 Å². The van der Waals surface area contributed by atoms with Gasteiger partial charge in [0.05, 0.1) is 18.0 Å². The molecule has 0 aliphatic carbocycles. The van der Waals surface area contributed by atoms with Crippen LogP contribution in [0.1, 0.15) is 45.3 Å². The smallest absolute Gasteiger partial charge is 0.344 e. The fourth-order valence-corrected chi connectivity index (χ4v) is 2.68. The zero-order chi connectivity index (χ0) is 17.3. The third-order valence-electron chi connectivity index (χ3n) is 3.92. The van der Waals surface area contributed by atoms with E-state index in [0.717, 1.165) is 0 Å². The summed E-state index contributed by atoms with van der Waals surface area (Å²) in [4.78, 5) is 17.3. The molecule has 1 saturated heterocycles. The number of carbonyl (C=O) groups excluding carboxylic acids is 1. The van der Waals surface area contributed by atoms with Gasteiger partial charge in [-0.1, -0.05) is 5.16 Å². The Morgan fingerprint density at radius 1 is 1.35 bits per heavy atom. The number of amides is 1. The molecule has 1 N–H and O–H groups in total. The van der Waals surface area contributed by atoms with E-state index in [1.165, 1.54) is 6.92 Å². The molecular formula is C14H21F3N4O2. The van der Waals surface area contributed by atoms with E-state index in [2.05, 4.69) is 15.5 Å². The lowest BCUT2D eigenvalue weighted by atomic mass is 9.96. The molecule has 9 heteroatoms. The van der Waals surface area contributed by atoms with Crippen LogP contribution in [0.4, 0.5) is 13.2 Å². The summed E-state index contributed by atoms with van der Waals surface area (Å²) in [7, 11) is 0. The molecule has 23 heavy (non-hydrogen) atoms. The number of carbonyl (C=O) groups is 1. The van der Waals surface area contributed by atoms with E-state index in [-0.39, 0.29) is 18.7 Å². The predicted molar refractivity (Wildman–Crippen MR) is 75.2 cm³/mol. The maximum absolute atomic E-state index is 12.6. The fourth-order valence-electron chi connectivity index (χ4n) is 2.68. The number of alkyl halides is 3. The van der Waals surface area contributed by atoms with Crippen molar-refractivity contribution in [2.24, 2.45) is 5.92 Å². The Hall–Kier alpha value is -1.64. The maximum atomic E-state index is 12.6. The van der Waals surface area contributed by atoms with Crippen LogP contribution in [0.25, 0.3) is 0 Å². The zero-order valence-electron chi connectivity index (χ0n) is 13.4. The molecule has 1 fully saturated rings. The van der Waals surface area contributed by atoms with Gasteiger partial charge in [0.1, 0.15) is 0 Å². The molecule has 0 bridgehead atoms. The minimum Gasteiger partial charge on any atom is -0.344 e. The van der Waals surface area contributed by atoms with Crippen LogP contribution in [0, 0.1) is 5.92 Å².